The van der Waals surface area contributed by atoms with Crippen LogP contribution < -0.4 is 77.2 Å². The van der Waals surface area contributed by atoms with Gasteiger partial charge in [-0.15, -0.1) is 0 Å². The molecule has 1 aliphatic heterocycles. The van der Waals surface area contributed by atoms with Gasteiger partial charge in [0.25, 0.3) is 0 Å². The Hall–Kier alpha value is -12.5. The number of carboxylic acid groups (broad SMARTS) is 4. The van der Waals surface area contributed by atoms with Crippen molar-refractivity contribution in [3.8, 4) is 17.2 Å². The van der Waals surface area contributed by atoms with Crippen molar-refractivity contribution in [1.82, 2.24) is 58.1 Å². The normalized spacial score (nSPS) is 15.4. The maximum Gasteiger partial charge on any atom is 0.446 e. The summed E-state index contributed by atoms with van der Waals surface area (Å²) in [7, 11) is -15.3. The molecule has 0 unspecified atom stereocenters. The number of carbonyl (C=O) groups is 16. The molecule has 0 spiro atoms. The Kier molecular flexibility index (Phi) is 38.5. The van der Waals surface area contributed by atoms with Crippen LogP contribution in [0.4, 0.5) is 0 Å². The number of aliphatic carboxylic acids is 4. The van der Waals surface area contributed by atoms with Crippen molar-refractivity contribution in [2.45, 2.75) is 190 Å². The van der Waals surface area contributed by atoms with E-state index in [-0.39, 0.29) is 55.3 Å². The van der Waals surface area contributed by atoms with Crippen molar-refractivity contribution in [3.05, 3.63) is 125 Å². The number of nitrogens with one attached hydrogen (secondary N) is 10. The minimum Gasteiger partial charge on any atom is -0.481 e. The second-order valence-corrected chi connectivity index (χ2v) is 31.6. The zero-order valence-electron chi connectivity index (χ0n) is 66.0. The number of carbonyl (C=O) groups excluding carboxylic acids is 12. The number of primary amides is 1. The van der Waals surface area contributed by atoms with Gasteiger partial charge in [-0.1, -0.05) is 101 Å². The maximum absolute atomic E-state index is 15.3. The maximum atomic E-state index is 15.3. The molecular formula is C74H97N13O32S3. The van der Waals surface area contributed by atoms with Crippen molar-refractivity contribution < 1.29 is 149 Å². The molecule has 5 rings (SSSR count). The largest absolute Gasteiger partial charge is 0.481 e. The number of nitrogens with two attached hydrogens (primary N) is 2. The molecule has 0 bridgehead atoms. The van der Waals surface area contributed by atoms with Gasteiger partial charge >= 0.3 is 55.1 Å². The zero-order valence-corrected chi connectivity index (χ0v) is 68.5. The first kappa shape index (κ1) is 100. The molecule has 12 amide bonds. The van der Waals surface area contributed by atoms with E-state index < -0.39 is 292 Å². The molecule has 0 aromatic heterocycles. The number of benzene rings is 4. The van der Waals surface area contributed by atoms with Crippen molar-refractivity contribution in [3.63, 3.8) is 0 Å². The molecule has 0 saturated carbocycles. The van der Waals surface area contributed by atoms with Gasteiger partial charge in [-0.25, -0.2) is 4.79 Å². The summed E-state index contributed by atoms with van der Waals surface area (Å²) in [6.07, 6.45) is -7.59. The minimum atomic E-state index is -5.13. The van der Waals surface area contributed by atoms with Gasteiger partial charge in [-0.05, 0) is 109 Å². The summed E-state index contributed by atoms with van der Waals surface area (Å²) in [6, 6.07) is 1.34. The lowest BCUT2D eigenvalue weighted by atomic mass is 9.96. The molecule has 12 atom stereocenters. The van der Waals surface area contributed by atoms with Gasteiger partial charge in [0, 0.05) is 51.5 Å². The molecule has 48 heteroatoms. The highest BCUT2D eigenvalue weighted by Gasteiger charge is 2.43. The molecule has 4 aromatic carbocycles. The molecule has 1 heterocycles. The van der Waals surface area contributed by atoms with Crippen molar-refractivity contribution in [2.75, 3.05) is 13.1 Å². The van der Waals surface area contributed by atoms with E-state index in [0.29, 0.717) is 5.56 Å². The van der Waals surface area contributed by atoms with Gasteiger partial charge in [-0.2, -0.15) is 25.3 Å². The lowest BCUT2D eigenvalue weighted by Gasteiger charge is -2.33. The number of likely N-dealkylation sites (tertiary alicyclic amines) is 1. The van der Waals surface area contributed by atoms with Crippen LogP contribution in [0.15, 0.2) is 103 Å². The molecule has 668 valence electrons. The summed E-state index contributed by atoms with van der Waals surface area (Å²) in [4.78, 5) is 220. The average molecular weight is 1780 g/mol. The molecule has 0 aliphatic carbocycles. The van der Waals surface area contributed by atoms with Crippen LogP contribution in [0.5, 0.6) is 17.2 Å². The van der Waals surface area contributed by atoms with Crippen LogP contribution in [-0.4, -0.2) is 239 Å². The highest BCUT2D eigenvalue weighted by Crippen LogP contribution is 2.25. The summed E-state index contributed by atoms with van der Waals surface area (Å²) in [5, 5.41) is 63.1. The predicted octanol–water partition coefficient (Wildman–Crippen LogP) is -3.05. The quantitative estimate of drug-likeness (QED) is 0.0195. The van der Waals surface area contributed by atoms with Gasteiger partial charge in [-0.3, -0.25) is 85.6 Å². The molecule has 1 saturated heterocycles. The third kappa shape index (κ3) is 35.4. The Labute approximate surface area is 698 Å². The molecule has 1 fully saturated rings. The molecule has 4 aromatic rings. The van der Waals surface area contributed by atoms with Gasteiger partial charge in [0.2, 0.25) is 70.9 Å². The SMILES string of the molecule is CC[C@H](C)[C@H](NC(=O)[C@H](CCC(=O)O)NC(=O)[C@H](CCC(=O)O)NC(=O)[C@H](Cc1ccccc1)NC(=O)[C@H](CC(=O)O)NC(=O)CN)C(=O)N1CCC[C@H]1C(=O)N[C@@H](Cc1ccc(OS(=O)(=O)O)cc1)C(=O)N[C@@H](Cc1ccc(OS(=O)(=O)O)cc1)C(=O)N[C@@H](Cc1ccc(OS(=O)(=O)O)cc1)C(=O)N[C@@H](CC(C)C)C(=O)N[C@@H](CCC(N)=O)C(=O)O. The van der Waals surface area contributed by atoms with E-state index in [1.165, 1.54) is 43.3 Å². The monoisotopic (exact) mass is 1780 g/mol. The Morgan fingerprint density at radius 2 is 0.779 bits per heavy atom. The van der Waals surface area contributed by atoms with Crippen molar-refractivity contribution >= 4 is 126 Å². The third-order valence-corrected chi connectivity index (χ3v) is 19.7. The topological polar surface area (TPSA) is 720 Å². The molecule has 1 aliphatic rings. The lowest BCUT2D eigenvalue weighted by molar-refractivity contribution is -0.144. The van der Waals surface area contributed by atoms with E-state index in [2.05, 4.69) is 65.7 Å². The predicted molar refractivity (Wildman–Crippen MR) is 421 cm³/mol. The van der Waals surface area contributed by atoms with E-state index in [1.807, 2.05) is 0 Å². The molecule has 0 radical (unpaired) electrons. The smallest absolute Gasteiger partial charge is 0.446 e. The fourth-order valence-electron chi connectivity index (χ4n) is 12.4. The first-order valence-corrected chi connectivity index (χ1v) is 41.7. The second kappa shape index (κ2) is 46.9. The summed E-state index contributed by atoms with van der Waals surface area (Å²) in [6.45, 7) is 5.42. The number of hydrogen-bond donors (Lipinski definition) is 19. The summed E-state index contributed by atoms with van der Waals surface area (Å²) in [5.74, 6) is -22.5. The fraction of sp³-hybridized carbons (Fsp3) is 0.459. The summed E-state index contributed by atoms with van der Waals surface area (Å²) >= 11 is 0. The van der Waals surface area contributed by atoms with Gasteiger partial charge in [0.1, 0.15) is 83.7 Å². The summed E-state index contributed by atoms with van der Waals surface area (Å²) < 4.78 is 112. The van der Waals surface area contributed by atoms with Crippen LogP contribution in [0.2, 0.25) is 0 Å². The van der Waals surface area contributed by atoms with Gasteiger partial charge < -0.3 is 103 Å². The highest BCUT2D eigenvalue weighted by molar-refractivity contribution is 7.81. The van der Waals surface area contributed by atoms with Crippen LogP contribution in [0.25, 0.3) is 0 Å². The lowest BCUT2D eigenvalue weighted by Crippen LogP contribution is -2.61. The van der Waals surface area contributed by atoms with Crippen LogP contribution in [0.1, 0.15) is 121 Å². The Morgan fingerprint density at radius 1 is 0.434 bits per heavy atom. The van der Waals surface area contributed by atoms with Crippen molar-refractivity contribution in [1.29, 1.82) is 0 Å². The van der Waals surface area contributed by atoms with Crippen LogP contribution in [0, 0.1) is 11.8 Å². The standard InChI is InChI=1S/C74H97N13O32S3/c1-5-40(4)63(86-65(97)49(27-30-61(92)93)78-64(96)48(26-29-60(90)91)79-67(99)52(33-41-10-7-6-8-11-41)84-71(103)56(37-62(94)95)77-59(89)38-75)73(105)87-31-9-12-57(87)72(104)85-55(36-44-17-23-47(24-18-44)119-122(114,115)116)70(102)83-54(35-43-15-21-46(22-16-43)118-121(111,112)113)69(101)82-53(34-42-13-19-45(20-14-42)117-120(108,109)110)68(100)81-51(32-39(2)3)66(98)80-50(74(106)107)25-28-58(76)88/h6-8,10-11,13-24,39-40,48-57,63H,5,9,12,25-38,75H2,1-4H3,(H2,76,88)(H,77,89)(H,78,96)(H,79,99)(H,80,98)(H,81,100)(H,82,101)(H,83,102)(H,84,103)(H,85,104)(H,86,97)(H,90,91)(H,92,93)(H,94,95)(H,106,107)(H,108,109,110)(H,111,112,113)(H,114,115,116)/t40-,48-,49-,50-,51-,52-,53-,54-,55-,56-,57-,63-/m0/s1. The van der Waals surface area contributed by atoms with E-state index >= 15 is 19.2 Å². The number of rotatable bonds is 51. The van der Waals surface area contributed by atoms with E-state index in [4.69, 9.17) is 11.5 Å². The minimum absolute atomic E-state index is 0.0524. The Morgan fingerprint density at radius 3 is 1.14 bits per heavy atom. The Bertz CT molecular complexity index is 4780. The molecule has 122 heavy (non-hydrogen) atoms. The number of nitrogens with zero attached hydrogens (tertiary/aromatic N) is 1. The fourth-order valence-corrected chi connectivity index (χ4v) is 13.4. The molecule has 21 N–H and O–H groups in total. The Balaban J connectivity index is 1.55. The number of carboxylic acids is 4. The van der Waals surface area contributed by atoms with Gasteiger partial charge in [0.05, 0.1) is 13.0 Å². The highest BCUT2D eigenvalue weighted by atomic mass is 32.3. The van der Waals surface area contributed by atoms with Crippen LogP contribution >= 0.6 is 0 Å². The van der Waals surface area contributed by atoms with Crippen LogP contribution in [-0.2, 0) is 134 Å². The zero-order chi connectivity index (χ0) is 91.1. The van der Waals surface area contributed by atoms with Crippen molar-refractivity contribution in [2.24, 2.45) is 23.3 Å². The first-order chi connectivity index (χ1) is 57.1. The van der Waals surface area contributed by atoms with Crippen LogP contribution in [0.3, 0.4) is 0 Å². The number of amides is 12. The van der Waals surface area contributed by atoms with E-state index in [9.17, 15) is 117 Å². The first-order valence-electron chi connectivity index (χ1n) is 37.6. The molecule has 45 nitrogen and oxygen atoms in total. The van der Waals surface area contributed by atoms with Gasteiger partial charge in [0.15, 0.2) is 0 Å². The molecular weight excluding hydrogens is 1680 g/mol. The average Bonchev–Trinajstić information content (AvgIpc) is 1.66. The number of hydrogen-bond acceptors (Lipinski definition) is 26. The third-order valence-electron chi connectivity index (χ3n) is 18.5. The van der Waals surface area contributed by atoms with E-state index in [0.717, 1.165) is 53.4 Å². The van der Waals surface area contributed by atoms with E-state index in [1.54, 1.807) is 39.0 Å². The summed E-state index contributed by atoms with van der Waals surface area (Å²) in [5.41, 5.74) is 11.2. The second-order valence-electron chi connectivity index (χ2n) is 28.6.